The molecule has 0 radical (unpaired) electrons. The van der Waals surface area contributed by atoms with Crippen LogP contribution < -0.4 is 19.5 Å². The lowest BCUT2D eigenvalue weighted by Crippen LogP contribution is -2.35. The van der Waals surface area contributed by atoms with Crippen LogP contribution >= 0.6 is 0 Å². The molecule has 228 valence electrons. The number of carbonyl (C=O) groups excluding carboxylic acids is 2. The Morgan fingerprint density at radius 2 is 1.27 bits per heavy atom. The average Bonchev–Trinajstić information content (AvgIpc) is 3.06. The predicted octanol–water partition coefficient (Wildman–Crippen LogP) is 5.47. The summed E-state index contributed by atoms with van der Waals surface area (Å²) in [5.41, 5.74) is 3.71. The molecule has 0 aromatic heterocycles. The summed E-state index contributed by atoms with van der Waals surface area (Å²) in [6, 6.07) is 27.1. The Morgan fingerprint density at radius 3 is 1.91 bits per heavy atom. The Morgan fingerprint density at radius 1 is 0.682 bits per heavy atom. The molecule has 0 aliphatic rings. The van der Waals surface area contributed by atoms with Crippen LogP contribution in [0.25, 0.3) is 11.1 Å². The van der Waals surface area contributed by atoms with Crippen LogP contribution in [0.1, 0.15) is 38.3 Å². The van der Waals surface area contributed by atoms with E-state index in [1.807, 2.05) is 42.5 Å². The Balaban J connectivity index is 1.61. The van der Waals surface area contributed by atoms with Gasteiger partial charge in [0.25, 0.3) is 11.8 Å². The van der Waals surface area contributed by atoms with Crippen molar-refractivity contribution in [3.05, 3.63) is 113 Å². The van der Waals surface area contributed by atoms with Crippen LogP contribution in [0, 0.1) is 0 Å². The van der Waals surface area contributed by atoms with Gasteiger partial charge in [0, 0.05) is 36.8 Å². The van der Waals surface area contributed by atoms with Gasteiger partial charge in [-0.2, -0.15) is 0 Å². The molecule has 0 saturated heterocycles. The van der Waals surface area contributed by atoms with E-state index in [4.69, 9.17) is 14.2 Å². The maximum atomic E-state index is 14.0. The molecule has 0 spiro atoms. The zero-order chi connectivity index (χ0) is 31.5. The van der Waals surface area contributed by atoms with E-state index in [9.17, 15) is 19.5 Å². The van der Waals surface area contributed by atoms with Gasteiger partial charge in [0.15, 0.2) is 0 Å². The third-order valence-electron chi connectivity index (χ3n) is 7.17. The monoisotopic (exact) mass is 596 g/mol. The molecule has 0 atom stereocenters. The number of hydrogen-bond donors (Lipinski definition) is 2. The van der Waals surface area contributed by atoms with Gasteiger partial charge in [-0.25, -0.2) is 0 Å². The van der Waals surface area contributed by atoms with Gasteiger partial charge >= 0.3 is 5.97 Å². The lowest BCUT2D eigenvalue weighted by molar-refractivity contribution is -0.137. The highest BCUT2D eigenvalue weighted by molar-refractivity contribution is 6.06. The summed E-state index contributed by atoms with van der Waals surface area (Å²) in [6.07, 6.45) is 0.239. The summed E-state index contributed by atoms with van der Waals surface area (Å²) in [5.74, 6) is 0.312. The van der Waals surface area contributed by atoms with Crippen LogP contribution in [0.2, 0.25) is 0 Å². The minimum absolute atomic E-state index is 0.0201. The first-order valence-electron chi connectivity index (χ1n) is 14.2. The molecule has 4 aromatic rings. The number of nitrogens with one attached hydrogen (secondary N) is 1. The zero-order valence-electron chi connectivity index (χ0n) is 25.0. The molecule has 0 saturated carbocycles. The summed E-state index contributed by atoms with van der Waals surface area (Å²) in [4.78, 5) is 40.5. The number of methoxy groups -OCH3 is 3. The Hall–Kier alpha value is -5.31. The van der Waals surface area contributed by atoms with E-state index in [2.05, 4.69) is 5.32 Å². The number of carboxylic acids is 1. The van der Waals surface area contributed by atoms with Crippen molar-refractivity contribution in [3.63, 3.8) is 0 Å². The van der Waals surface area contributed by atoms with Crippen LogP contribution in [-0.2, 0) is 17.8 Å². The van der Waals surface area contributed by atoms with Crippen LogP contribution in [0.15, 0.2) is 91.0 Å². The van der Waals surface area contributed by atoms with Crippen molar-refractivity contribution in [2.24, 2.45) is 0 Å². The number of ether oxygens (including phenoxy) is 3. The molecule has 4 rings (SSSR count). The maximum Gasteiger partial charge on any atom is 0.305 e. The Labute approximate surface area is 257 Å². The number of hydrogen-bond acceptors (Lipinski definition) is 6. The van der Waals surface area contributed by atoms with Crippen molar-refractivity contribution in [1.29, 1.82) is 0 Å². The number of aliphatic carboxylic acids is 1. The van der Waals surface area contributed by atoms with E-state index in [1.54, 1.807) is 69.9 Å². The number of rotatable bonds is 14. The van der Waals surface area contributed by atoms with Gasteiger partial charge in [0.2, 0.25) is 0 Å². The molecule has 9 heteroatoms. The highest BCUT2D eigenvalue weighted by atomic mass is 16.5. The molecule has 2 N–H and O–H groups in total. The van der Waals surface area contributed by atoms with E-state index < -0.39 is 5.97 Å². The second-order valence-corrected chi connectivity index (χ2v) is 10.0. The van der Waals surface area contributed by atoms with Gasteiger partial charge in [-0.05, 0) is 65.1 Å². The fourth-order valence-corrected chi connectivity index (χ4v) is 4.87. The van der Waals surface area contributed by atoms with Gasteiger partial charge in [-0.1, -0.05) is 48.5 Å². The maximum absolute atomic E-state index is 14.0. The molecule has 4 aromatic carbocycles. The molecule has 0 aliphatic heterocycles. The van der Waals surface area contributed by atoms with E-state index in [-0.39, 0.29) is 31.3 Å². The van der Waals surface area contributed by atoms with Crippen molar-refractivity contribution in [2.45, 2.75) is 19.4 Å². The first-order chi connectivity index (χ1) is 21.3. The number of benzene rings is 4. The summed E-state index contributed by atoms with van der Waals surface area (Å²) >= 11 is 0. The normalized spacial score (nSPS) is 10.5. The van der Waals surface area contributed by atoms with E-state index in [0.717, 1.165) is 11.1 Å². The molecule has 0 heterocycles. The van der Waals surface area contributed by atoms with Gasteiger partial charge < -0.3 is 29.5 Å². The van der Waals surface area contributed by atoms with Crippen molar-refractivity contribution >= 4 is 17.8 Å². The molecule has 0 unspecified atom stereocenters. The number of amides is 2. The second kappa shape index (κ2) is 15.2. The van der Waals surface area contributed by atoms with Gasteiger partial charge in [-0.3, -0.25) is 14.4 Å². The third kappa shape index (κ3) is 8.16. The number of nitrogens with zero attached hydrogens (tertiary/aromatic N) is 1. The molecule has 44 heavy (non-hydrogen) atoms. The molecule has 2 amide bonds. The largest absolute Gasteiger partial charge is 0.497 e. The first-order valence-corrected chi connectivity index (χ1v) is 14.2. The SMILES string of the molecule is COc1cccc(CNC(=O)c2ccccc2-c2ccccc2C(=O)N(CCC(=O)O)CCc2cc(OC)cc(OC)c2)c1. The molecular formula is C35H36N2O7. The van der Waals surface area contributed by atoms with Gasteiger partial charge in [0.05, 0.1) is 27.8 Å². The molecular weight excluding hydrogens is 560 g/mol. The number of carboxylic acid groups (broad SMARTS) is 1. The zero-order valence-corrected chi connectivity index (χ0v) is 25.0. The van der Waals surface area contributed by atoms with Crippen LogP contribution in [0.5, 0.6) is 17.2 Å². The quantitative estimate of drug-likeness (QED) is 0.198. The second-order valence-electron chi connectivity index (χ2n) is 10.0. The molecule has 0 fully saturated rings. The summed E-state index contributed by atoms with van der Waals surface area (Å²) in [7, 11) is 4.72. The van der Waals surface area contributed by atoms with Gasteiger partial charge in [-0.15, -0.1) is 0 Å². The average molecular weight is 597 g/mol. The summed E-state index contributed by atoms with van der Waals surface area (Å²) < 4.78 is 16.0. The summed E-state index contributed by atoms with van der Waals surface area (Å²) in [5, 5.41) is 12.4. The minimum atomic E-state index is -1.00. The van der Waals surface area contributed by atoms with E-state index in [0.29, 0.717) is 52.5 Å². The predicted molar refractivity (Wildman–Crippen MR) is 167 cm³/mol. The van der Waals surface area contributed by atoms with Crippen LogP contribution in [0.3, 0.4) is 0 Å². The van der Waals surface area contributed by atoms with Crippen molar-refractivity contribution in [3.8, 4) is 28.4 Å². The summed E-state index contributed by atoms with van der Waals surface area (Å²) in [6.45, 7) is 0.578. The highest BCUT2D eigenvalue weighted by Crippen LogP contribution is 2.29. The number of carbonyl (C=O) groups is 3. The van der Waals surface area contributed by atoms with Crippen LogP contribution in [0.4, 0.5) is 0 Å². The Bertz CT molecular complexity index is 1600. The van der Waals surface area contributed by atoms with E-state index in [1.165, 1.54) is 4.90 Å². The fraction of sp³-hybridized carbons (Fsp3) is 0.229. The highest BCUT2D eigenvalue weighted by Gasteiger charge is 2.23. The van der Waals surface area contributed by atoms with Crippen molar-refractivity contribution in [2.75, 3.05) is 34.4 Å². The first kappa shape index (κ1) is 31.6. The lowest BCUT2D eigenvalue weighted by atomic mass is 9.94. The molecule has 0 bridgehead atoms. The fourth-order valence-electron chi connectivity index (χ4n) is 4.87. The Kier molecular flexibility index (Phi) is 11.0. The smallest absolute Gasteiger partial charge is 0.305 e. The van der Waals surface area contributed by atoms with Crippen molar-refractivity contribution < 1.29 is 33.7 Å². The molecule has 0 aliphatic carbocycles. The van der Waals surface area contributed by atoms with E-state index >= 15 is 0 Å². The standard InChI is InChI=1S/C35H36N2O7/c1-42-26-10-8-9-25(21-26)23-36-34(40)31-13-6-4-11-29(31)30-12-5-7-14-32(30)35(41)37(18-16-33(38)39)17-15-24-19-27(43-2)22-28(20-24)44-3/h4-14,19-22H,15-18,23H2,1-3H3,(H,36,40)(H,38,39). The van der Waals surface area contributed by atoms with Crippen LogP contribution in [-0.4, -0.2) is 62.2 Å². The molecule has 9 nitrogen and oxygen atoms in total. The lowest BCUT2D eigenvalue weighted by Gasteiger charge is -2.24. The minimum Gasteiger partial charge on any atom is -0.497 e. The topological polar surface area (TPSA) is 114 Å². The van der Waals surface area contributed by atoms with Gasteiger partial charge in [0.1, 0.15) is 17.2 Å². The third-order valence-corrected chi connectivity index (χ3v) is 7.17. The van der Waals surface area contributed by atoms with Crippen molar-refractivity contribution in [1.82, 2.24) is 10.2 Å².